The minimum Gasteiger partial charge on any atom is -0.463 e. The van der Waals surface area contributed by atoms with Crippen molar-refractivity contribution < 1.29 is 33.4 Å². The van der Waals surface area contributed by atoms with E-state index in [2.05, 4.69) is 10.6 Å². The van der Waals surface area contributed by atoms with Crippen molar-refractivity contribution in [3.05, 3.63) is 63.7 Å². The molecule has 1 aliphatic heterocycles. The zero-order valence-corrected chi connectivity index (χ0v) is 21.2. The van der Waals surface area contributed by atoms with Crippen LogP contribution in [0.5, 0.6) is 0 Å². The summed E-state index contributed by atoms with van der Waals surface area (Å²) in [7, 11) is 0. The zero-order chi connectivity index (χ0) is 26.4. The fourth-order valence-electron chi connectivity index (χ4n) is 3.74. The van der Waals surface area contributed by atoms with Gasteiger partial charge in [0.15, 0.2) is 5.78 Å². The summed E-state index contributed by atoms with van der Waals surface area (Å²) in [6.45, 7) is 6.07. The summed E-state index contributed by atoms with van der Waals surface area (Å²) in [5.41, 5.74) is 1.20. The molecule has 0 fully saturated rings. The molecule has 10 nitrogen and oxygen atoms in total. The van der Waals surface area contributed by atoms with E-state index in [4.69, 9.17) is 9.47 Å². The molecule has 2 heterocycles. The number of allylic oxidation sites excluding steroid dienone is 1. The van der Waals surface area contributed by atoms with E-state index in [0.717, 1.165) is 11.3 Å². The van der Waals surface area contributed by atoms with Gasteiger partial charge in [0.05, 0.1) is 35.3 Å². The quantitative estimate of drug-likeness (QED) is 0.386. The largest absolute Gasteiger partial charge is 0.463 e. The number of nitrogens with one attached hydrogen (secondary N) is 2. The zero-order valence-electron chi connectivity index (χ0n) is 20.4. The lowest BCUT2D eigenvalue weighted by molar-refractivity contribution is -0.139. The van der Waals surface area contributed by atoms with Crippen molar-refractivity contribution in [1.29, 1.82) is 0 Å². The monoisotopic (exact) mass is 513 g/mol. The topological polar surface area (TPSA) is 131 Å². The second kappa shape index (κ2) is 11.6. The summed E-state index contributed by atoms with van der Waals surface area (Å²) in [5, 5.41) is 5.37. The van der Waals surface area contributed by atoms with Crippen LogP contribution < -0.4 is 10.6 Å². The first-order valence-electron chi connectivity index (χ1n) is 11.3. The molecular formula is C25H27N3O7S. The molecule has 1 aromatic carbocycles. The van der Waals surface area contributed by atoms with Crippen LogP contribution in [-0.2, 0) is 19.1 Å². The summed E-state index contributed by atoms with van der Waals surface area (Å²) in [6.07, 6.45) is 0. The SMILES string of the molecule is CCOC(=O)C1=C(C)NC(=O)N(CC(=O)Nc2sc(C(C)=O)cc2C(=O)OCC)[C@H]1c1ccccc1. The number of benzene rings is 1. The number of ether oxygens (including phenoxy) is 2. The first kappa shape index (κ1) is 26.6. The van der Waals surface area contributed by atoms with Crippen LogP contribution >= 0.6 is 11.3 Å². The van der Waals surface area contributed by atoms with Crippen LogP contribution in [0.2, 0.25) is 0 Å². The van der Waals surface area contributed by atoms with Crippen LogP contribution in [0.25, 0.3) is 0 Å². The van der Waals surface area contributed by atoms with Gasteiger partial charge in [-0.15, -0.1) is 11.3 Å². The number of rotatable bonds is 9. The molecule has 2 N–H and O–H groups in total. The summed E-state index contributed by atoms with van der Waals surface area (Å²) in [6, 6.07) is 8.72. The molecule has 0 saturated heterocycles. The highest BCUT2D eigenvalue weighted by Crippen LogP contribution is 2.35. The average molecular weight is 514 g/mol. The smallest absolute Gasteiger partial charge is 0.341 e. The standard InChI is InChI=1S/C25H27N3O7S/c1-5-34-23(31)17-12-18(15(4)29)36-22(17)27-19(30)13-28-21(16-10-8-7-9-11-16)20(24(32)35-6-2)14(3)26-25(28)33/h7-12,21H,5-6,13H2,1-4H3,(H,26,33)(H,27,30)/t21-/m0/s1. The highest BCUT2D eigenvalue weighted by Gasteiger charge is 2.39. The van der Waals surface area contributed by atoms with Gasteiger partial charge in [0.1, 0.15) is 11.5 Å². The van der Waals surface area contributed by atoms with Crippen molar-refractivity contribution in [2.45, 2.75) is 33.7 Å². The number of nitrogens with zero attached hydrogens (tertiary/aromatic N) is 1. The predicted octanol–water partition coefficient (Wildman–Crippen LogP) is 3.67. The molecule has 0 unspecified atom stereocenters. The van der Waals surface area contributed by atoms with Crippen LogP contribution in [0.3, 0.4) is 0 Å². The van der Waals surface area contributed by atoms with Gasteiger partial charge in [0.25, 0.3) is 0 Å². The number of Topliss-reactive ketones (excluding diaryl/α,β-unsaturated/α-hetero) is 1. The Morgan fingerprint density at radius 2 is 1.69 bits per heavy atom. The minimum absolute atomic E-state index is 0.0473. The van der Waals surface area contributed by atoms with E-state index in [1.54, 1.807) is 51.1 Å². The summed E-state index contributed by atoms with van der Waals surface area (Å²) in [4.78, 5) is 64.6. The van der Waals surface area contributed by atoms with Crippen LogP contribution in [0.15, 0.2) is 47.7 Å². The number of hydrogen-bond acceptors (Lipinski definition) is 8. The average Bonchev–Trinajstić information content (AvgIpc) is 3.25. The Kier molecular flexibility index (Phi) is 8.59. The van der Waals surface area contributed by atoms with Gasteiger partial charge >= 0.3 is 18.0 Å². The van der Waals surface area contributed by atoms with Crippen molar-refractivity contribution in [1.82, 2.24) is 10.2 Å². The molecule has 3 rings (SSSR count). The Balaban J connectivity index is 1.94. The van der Waals surface area contributed by atoms with Crippen LogP contribution in [0.1, 0.15) is 59.3 Å². The Morgan fingerprint density at radius 3 is 2.31 bits per heavy atom. The molecule has 1 aliphatic rings. The number of thiophene rings is 1. The molecule has 190 valence electrons. The molecule has 1 aromatic heterocycles. The molecule has 0 spiro atoms. The van der Waals surface area contributed by atoms with E-state index in [9.17, 15) is 24.0 Å². The lowest BCUT2D eigenvalue weighted by Crippen LogP contribution is -2.51. The van der Waals surface area contributed by atoms with E-state index in [1.807, 2.05) is 0 Å². The van der Waals surface area contributed by atoms with Gasteiger partial charge in [-0.05, 0) is 39.3 Å². The van der Waals surface area contributed by atoms with Gasteiger partial charge in [0.2, 0.25) is 5.91 Å². The third-order valence-electron chi connectivity index (χ3n) is 5.30. The molecule has 11 heteroatoms. The Bertz CT molecular complexity index is 1220. The second-order valence-corrected chi connectivity index (χ2v) is 8.86. The maximum atomic E-state index is 13.1. The van der Waals surface area contributed by atoms with Crippen molar-refractivity contribution in [3.8, 4) is 0 Å². The molecule has 36 heavy (non-hydrogen) atoms. The lowest BCUT2D eigenvalue weighted by atomic mass is 9.94. The number of esters is 2. The molecule has 2 aromatic rings. The molecule has 3 amide bonds. The highest BCUT2D eigenvalue weighted by molar-refractivity contribution is 7.18. The number of carbonyl (C=O) groups is 5. The summed E-state index contributed by atoms with van der Waals surface area (Å²) >= 11 is 0.938. The van der Waals surface area contributed by atoms with Gasteiger partial charge in [0, 0.05) is 5.70 Å². The van der Waals surface area contributed by atoms with Crippen LogP contribution in [0.4, 0.5) is 9.80 Å². The predicted molar refractivity (Wildman–Crippen MR) is 133 cm³/mol. The van der Waals surface area contributed by atoms with Gasteiger partial charge in [-0.1, -0.05) is 30.3 Å². The normalized spacial score (nSPS) is 15.3. The lowest BCUT2D eigenvalue weighted by Gasteiger charge is -2.37. The van der Waals surface area contributed by atoms with Gasteiger partial charge in [-0.3, -0.25) is 9.59 Å². The van der Waals surface area contributed by atoms with Crippen molar-refractivity contribution in [2.24, 2.45) is 0 Å². The Morgan fingerprint density at radius 1 is 1.06 bits per heavy atom. The fraction of sp³-hybridized carbons (Fsp3) is 0.320. The second-order valence-electron chi connectivity index (χ2n) is 7.81. The van der Waals surface area contributed by atoms with E-state index in [1.165, 1.54) is 17.9 Å². The number of amides is 3. The van der Waals surface area contributed by atoms with E-state index in [0.29, 0.717) is 11.3 Å². The Hall–Kier alpha value is -3.99. The first-order valence-corrected chi connectivity index (χ1v) is 12.1. The fourth-order valence-corrected chi connectivity index (χ4v) is 4.69. The molecule has 0 bridgehead atoms. The third kappa shape index (κ3) is 5.80. The maximum Gasteiger partial charge on any atom is 0.341 e. The van der Waals surface area contributed by atoms with E-state index in [-0.39, 0.29) is 40.0 Å². The van der Waals surface area contributed by atoms with E-state index < -0.39 is 36.5 Å². The summed E-state index contributed by atoms with van der Waals surface area (Å²) < 4.78 is 10.3. The van der Waals surface area contributed by atoms with Gasteiger partial charge in [-0.25, -0.2) is 14.4 Å². The number of carbonyl (C=O) groups excluding carboxylic acids is 5. The number of urea groups is 1. The van der Waals surface area contributed by atoms with Crippen molar-refractivity contribution in [3.63, 3.8) is 0 Å². The molecular weight excluding hydrogens is 486 g/mol. The van der Waals surface area contributed by atoms with Crippen molar-refractivity contribution >= 4 is 46.0 Å². The number of anilines is 1. The minimum atomic E-state index is -0.884. The number of ketones is 1. The third-order valence-corrected chi connectivity index (χ3v) is 6.45. The van der Waals surface area contributed by atoms with Gasteiger partial charge in [-0.2, -0.15) is 0 Å². The van der Waals surface area contributed by atoms with Crippen molar-refractivity contribution in [2.75, 3.05) is 25.1 Å². The molecule has 1 atom stereocenters. The van der Waals surface area contributed by atoms with Crippen LogP contribution in [0, 0.1) is 0 Å². The maximum absolute atomic E-state index is 13.1. The van der Waals surface area contributed by atoms with E-state index >= 15 is 0 Å². The highest BCUT2D eigenvalue weighted by atomic mass is 32.1. The van der Waals surface area contributed by atoms with Crippen LogP contribution in [-0.4, -0.2) is 54.3 Å². The summed E-state index contributed by atoms with van der Waals surface area (Å²) in [5.74, 6) is -2.19. The Labute approximate surface area is 212 Å². The molecule has 0 radical (unpaired) electrons. The van der Waals surface area contributed by atoms with Gasteiger partial charge < -0.3 is 25.0 Å². The first-order chi connectivity index (χ1) is 17.2. The number of hydrogen-bond donors (Lipinski definition) is 2. The molecule has 0 saturated carbocycles. The molecule has 0 aliphatic carbocycles.